The minimum Gasteiger partial charge on any atom is -0.467 e. The van der Waals surface area contributed by atoms with Gasteiger partial charge in [0.1, 0.15) is 0 Å². The van der Waals surface area contributed by atoms with Crippen LogP contribution in [0.5, 0.6) is 0 Å². The zero-order chi connectivity index (χ0) is 21.3. The van der Waals surface area contributed by atoms with Gasteiger partial charge < -0.3 is 29.0 Å². The van der Waals surface area contributed by atoms with Crippen molar-refractivity contribution in [1.29, 1.82) is 0 Å². The van der Waals surface area contributed by atoms with Crippen molar-refractivity contribution in [3.05, 3.63) is 35.9 Å². The monoisotopic (exact) mass is 409 g/mol. The van der Waals surface area contributed by atoms with Gasteiger partial charge in [-0.05, 0) is 18.9 Å². The molecule has 9 heteroatoms. The molecule has 1 amide bonds. The Labute approximate surface area is 169 Å². The third-order valence-corrected chi connectivity index (χ3v) is 4.63. The second kappa shape index (κ2) is 10.9. The molecule has 29 heavy (non-hydrogen) atoms. The van der Waals surface area contributed by atoms with Crippen LogP contribution in [0, 0.1) is 5.92 Å². The van der Waals surface area contributed by atoms with E-state index in [4.69, 9.17) is 14.2 Å². The van der Waals surface area contributed by atoms with Crippen LogP contribution in [0.1, 0.15) is 18.9 Å². The van der Waals surface area contributed by atoms with E-state index in [0.29, 0.717) is 19.8 Å². The molecule has 1 aliphatic rings. The maximum atomic E-state index is 12.9. The summed E-state index contributed by atoms with van der Waals surface area (Å²) in [7, 11) is 2.23. The Morgan fingerprint density at radius 2 is 1.66 bits per heavy atom. The van der Waals surface area contributed by atoms with Gasteiger partial charge in [-0.25, -0.2) is 9.59 Å². The molecule has 160 valence electrons. The van der Waals surface area contributed by atoms with E-state index in [1.165, 1.54) is 0 Å². The molecule has 9 nitrogen and oxygen atoms in total. The van der Waals surface area contributed by atoms with Crippen molar-refractivity contribution in [2.75, 3.05) is 34.0 Å². The normalized spacial score (nSPS) is 16.3. The van der Waals surface area contributed by atoms with Crippen LogP contribution in [-0.2, 0) is 44.7 Å². The number of rotatable bonds is 10. The van der Waals surface area contributed by atoms with Gasteiger partial charge in [-0.3, -0.25) is 4.79 Å². The Bertz CT molecular complexity index is 671. The van der Waals surface area contributed by atoms with Gasteiger partial charge in [0.2, 0.25) is 11.9 Å². The first-order valence-electron chi connectivity index (χ1n) is 9.27. The average molecular weight is 409 g/mol. The largest absolute Gasteiger partial charge is 0.467 e. The maximum absolute atomic E-state index is 12.9. The molecule has 1 aliphatic heterocycles. The highest BCUT2D eigenvalue weighted by Crippen LogP contribution is 2.31. The summed E-state index contributed by atoms with van der Waals surface area (Å²) in [5.74, 6) is -4.47. The number of methoxy groups -OCH3 is 2. The number of carbonyl (C=O) groups excluding carboxylic acids is 3. The Balaban J connectivity index is 2.03. The number of amides is 1. The van der Waals surface area contributed by atoms with Crippen molar-refractivity contribution in [2.24, 2.45) is 5.92 Å². The van der Waals surface area contributed by atoms with Gasteiger partial charge in [-0.2, -0.15) is 0 Å². The van der Waals surface area contributed by atoms with Crippen LogP contribution in [0.4, 0.5) is 0 Å². The predicted molar refractivity (Wildman–Crippen MR) is 100 cm³/mol. The first-order chi connectivity index (χ1) is 13.9. The fourth-order valence-corrected chi connectivity index (χ4v) is 3.02. The van der Waals surface area contributed by atoms with Crippen LogP contribution in [0.2, 0.25) is 0 Å². The van der Waals surface area contributed by atoms with Gasteiger partial charge in [-0.15, -0.1) is 0 Å². The highest BCUT2D eigenvalue weighted by atomic mass is 16.7. The van der Waals surface area contributed by atoms with Gasteiger partial charge in [0.25, 0.3) is 0 Å². The number of benzene rings is 1. The Kier molecular flexibility index (Phi) is 8.56. The molecule has 1 aromatic carbocycles. The lowest BCUT2D eigenvalue weighted by Gasteiger charge is -2.32. The summed E-state index contributed by atoms with van der Waals surface area (Å²) in [6, 6.07) is 8.04. The van der Waals surface area contributed by atoms with E-state index in [9.17, 15) is 14.4 Å². The number of esters is 2. The van der Waals surface area contributed by atoms with Crippen LogP contribution < -0.4 is 5.32 Å². The molecule has 1 saturated heterocycles. The molecule has 0 bridgehead atoms. The van der Waals surface area contributed by atoms with Gasteiger partial charge in [0.15, 0.2) is 5.79 Å². The lowest BCUT2D eigenvalue weighted by Crippen LogP contribution is -2.54. The number of hydrogen-bond acceptors (Lipinski definition) is 8. The summed E-state index contributed by atoms with van der Waals surface area (Å²) >= 11 is 0. The number of nitrogens with one attached hydrogen (secondary N) is 1. The molecule has 0 spiro atoms. The molecule has 1 atom stereocenters. The summed E-state index contributed by atoms with van der Waals surface area (Å²) < 4.78 is 26.1. The summed E-state index contributed by atoms with van der Waals surface area (Å²) in [6.45, 7) is 2.95. The molecule has 1 unspecified atom stereocenters. The summed E-state index contributed by atoms with van der Waals surface area (Å²) in [4.78, 5) is 36.6. The van der Waals surface area contributed by atoms with E-state index in [2.05, 4.69) is 14.8 Å². The number of ether oxygens (including phenoxy) is 5. The fourth-order valence-electron chi connectivity index (χ4n) is 3.02. The summed E-state index contributed by atoms with van der Waals surface area (Å²) in [5, 5.41) is 2.38. The van der Waals surface area contributed by atoms with Crippen LogP contribution in [0.25, 0.3) is 0 Å². The fraction of sp³-hybridized carbons (Fsp3) is 0.550. The van der Waals surface area contributed by atoms with E-state index in [-0.39, 0.29) is 13.0 Å². The van der Waals surface area contributed by atoms with Crippen molar-refractivity contribution < 1.29 is 38.1 Å². The molecular weight excluding hydrogens is 382 g/mol. The first-order valence-corrected chi connectivity index (χ1v) is 9.27. The Hall–Kier alpha value is -2.49. The molecule has 0 radical (unpaired) electrons. The minimum absolute atomic E-state index is 0.246. The van der Waals surface area contributed by atoms with E-state index in [1.807, 2.05) is 30.3 Å². The van der Waals surface area contributed by atoms with Crippen molar-refractivity contribution in [3.8, 4) is 0 Å². The lowest BCUT2D eigenvalue weighted by molar-refractivity contribution is -0.192. The van der Waals surface area contributed by atoms with Gasteiger partial charge in [0, 0.05) is 6.61 Å². The van der Waals surface area contributed by atoms with E-state index in [0.717, 1.165) is 19.8 Å². The van der Waals surface area contributed by atoms with Gasteiger partial charge in [0.05, 0.1) is 40.0 Å². The summed E-state index contributed by atoms with van der Waals surface area (Å²) in [6.07, 6.45) is 0.254. The molecule has 1 N–H and O–H groups in total. The topological polar surface area (TPSA) is 109 Å². The van der Waals surface area contributed by atoms with Gasteiger partial charge >= 0.3 is 11.9 Å². The minimum atomic E-state index is -1.57. The van der Waals surface area contributed by atoms with E-state index >= 15 is 0 Å². The van der Waals surface area contributed by atoms with Gasteiger partial charge in [-0.1, -0.05) is 30.3 Å². The number of hydrogen-bond donors (Lipinski definition) is 1. The standard InChI is InChI=1S/C20H27NO8/c1-20(28-11-12-29-20)15(9-10-27-13-14-7-5-4-6-8-14)17(22)21-16(18(23)25-2)19(24)26-3/h4-8,15-16H,9-13H2,1-3H3,(H,21,22). The first kappa shape index (κ1) is 22.8. The zero-order valence-corrected chi connectivity index (χ0v) is 16.8. The maximum Gasteiger partial charge on any atom is 0.340 e. The van der Waals surface area contributed by atoms with E-state index in [1.54, 1.807) is 6.92 Å². The number of carbonyl (C=O) groups is 3. The van der Waals surface area contributed by atoms with Crippen molar-refractivity contribution >= 4 is 17.8 Å². The molecule has 0 saturated carbocycles. The highest BCUT2D eigenvalue weighted by Gasteiger charge is 2.45. The Morgan fingerprint density at radius 1 is 1.07 bits per heavy atom. The SMILES string of the molecule is COC(=O)C(NC(=O)C(CCOCc1ccccc1)C1(C)OCCO1)C(=O)OC. The summed E-state index contributed by atoms with van der Waals surface area (Å²) in [5.41, 5.74) is 1.00. The van der Waals surface area contributed by atoms with Crippen LogP contribution in [0.3, 0.4) is 0 Å². The van der Waals surface area contributed by atoms with Crippen LogP contribution in [0.15, 0.2) is 30.3 Å². The zero-order valence-electron chi connectivity index (χ0n) is 16.8. The van der Waals surface area contributed by atoms with Crippen molar-refractivity contribution in [3.63, 3.8) is 0 Å². The second-order valence-electron chi connectivity index (χ2n) is 6.58. The van der Waals surface area contributed by atoms with Crippen molar-refractivity contribution in [1.82, 2.24) is 5.32 Å². The molecular formula is C20H27NO8. The smallest absolute Gasteiger partial charge is 0.340 e. The third-order valence-electron chi connectivity index (χ3n) is 4.63. The van der Waals surface area contributed by atoms with Crippen LogP contribution in [-0.4, -0.2) is 63.7 Å². The molecule has 2 rings (SSSR count). The van der Waals surface area contributed by atoms with Crippen LogP contribution >= 0.6 is 0 Å². The average Bonchev–Trinajstić information content (AvgIpc) is 3.18. The Morgan fingerprint density at radius 3 is 2.21 bits per heavy atom. The van der Waals surface area contributed by atoms with Crippen molar-refractivity contribution in [2.45, 2.75) is 31.8 Å². The molecule has 0 aromatic heterocycles. The molecule has 1 aromatic rings. The molecule has 0 aliphatic carbocycles. The molecule has 1 heterocycles. The quantitative estimate of drug-likeness (QED) is 0.343. The molecule has 1 fully saturated rings. The predicted octanol–water partition coefficient (Wildman–Crippen LogP) is 0.803. The third kappa shape index (κ3) is 6.25. The van der Waals surface area contributed by atoms with E-state index < -0.39 is 35.6 Å². The highest BCUT2D eigenvalue weighted by molar-refractivity contribution is 6.02. The second-order valence-corrected chi connectivity index (χ2v) is 6.58. The lowest BCUT2D eigenvalue weighted by atomic mass is 9.95.